The molecule has 1 aromatic heterocycles. The summed E-state index contributed by atoms with van der Waals surface area (Å²) in [5.74, 6) is 0.428. The molecule has 0 saturated carbocycles. The van der Waals surface area contributed by atoms with Gasteiger partial charge >= 0.3 is 0 Å². The van der Waals surface area contributed by atoms with E-state index in [2.05, 4.69) is 4.98 Å². The Kier molecular flexibility index (Phi) is 4.19. The highest BCUT2D eigenvalue weighted by molar-refractivity contribution is 6.32. The molecule has 2 aromatic rings. The molecule has 2 rings (SSSR count). The summed E-state index contributed by atoms with van der Waals surface area (Å²) in [4.78, 5) is 14.1. The maximum absolute atomic E-state index is 10.6. The molecule has 0 aliphatic carbocycles. The van der Waals surface area contributed by atoms with Gasteiger partial charge < -0.3 is 4.74 Å². The fourth-order valence-corrected chi connectivity index (χ4v) is 1.83. The van der Waals surface area contributed by atoms with Crippen molar-refractivity contribution in [3.63, 3.8) is 0 Å². The fourth-order valence-electron chi connectivity index (χ4n) is 1.41. The van der Waals surface area contributed by atoms with Crippen LogP contribution in [0.15, 0.2) is 36.5 Å². The van der Waals surface area contributed by atoms with E-state index in [0.29, 0.717) is 16.5 Å². The van der Waals surface area contributed by atoms with Crippen molar-refractivity contribution in [3.8, 4) is 5.75 Å². The van der Waals surface area contributed by atoms with Crippen molar-refractivity contribution in [2.24, 2.45) is 0 Å². The predicted molar refractivity (Wildman–Crippen MR) is 71.7 cm³/mol. The maximum atomic E-state index is 10.6. The molecule has 0 radical (unpaired) electrons. The molecular weight excluding hydrogens is 291 g/mol. The van der Waals surface area contributed by atoms with Crippen LogP contribution in [0.25, 0.3) is 0 Å². The normalized spacial score (nSPS) is 10.2. The van der Waals surface area contributed by atoms with Crippen molar-refractivity contribution in [2.45, 2.75) is 6.61 Å². The zero-order valence-electron chi connectivity index (χ0n) is 9.55. The van der Waals surface area contributed by atoms with Gasteiger partial charge in [0.25, 0.3) is 5.69 Å². The Hall–Kier alpha value is -1.85. The highest BCUT2D eigenvalue weighted by Crippen LogP contribution is 2.28. The van der Waals surface area contributed by atoms with Gasteiger partial charge in [-0.05, 0) is 18.2 Å². The molecule has 0 spiro atoms. The van der Waals surface area contributed by atoms with Gasteiger partial charge in [-0.1, -0.05) is 23.2 Å². The number of aromatic nitrogens is 1. The van der Waals surface area contributed by atoms with Crippen molar-refractivity contribution in [3.05, 3.63) is 62.4 Å². The summed E-state index contributed by atoms with van der Waals surface area (Å²) in [6, 6.07) is 7.50. The van der Waals surface area contributed by atoms with Crippen molar-refractivity contribution in [1.82, 2.24) is 4.98 Å². The van der Waals surface area contributed by atoms with E-state index in [4.69, 9.17) is 27.9 Å². The number of nitro benzene ring substituents is 1. The van der Waals surface area contributed by atoms with Crippen LogP contribution in [0.4, 0.5) is 5.69 Å². The smallest absolute Gasteiger partial charge is 0.288 e. The van der Waals surface area contributed by atoms with Crippen LogP contribution >= 0.6 is 23.2 Å². The monoisotopic (exact) mass is 298 g/mol. The van der Waals surface area contributed by atoms with Crippen LogP contribution in [0, 0.1) is 10.1 Å². The van der Waals surface area contributed by atoms with Gasteiger partial charge in [0.05, 0.1) is 10.6 Å². The standard InChI is InChI=1S/C12H8Cl2N2O3/c13-8-3-4-15-9(5-8)7-19-10-1-2-12(16(17)18)11(14)6-10/h1-6H,7H2. The maximum Gasteiger partial charge on any atom is 0.288 e. The van der Waals surface area contributed by atoms with Crippen LogP contribution < -0.4 is 4.74 Å². The topological polar surface area (TPSA) is 65.3 Å². The van der Waals surface area contributed by atoms with Gasteiger partial charge in [-0.3, -0.25) is 15.1 Å². The van der Waals surface area contributed by atoms with Crippen molar-refractivity contribution in [1.29, 1.82) is 0 Å². The first-order valence-electron chi connectivity index (χ1n) is 5.23. The Bertz CT molecular complexity index is 620. The van der Waals surface area contributed by atoms with Crippen molar-refractivity contribution < 1.29 is 9.66 Å². The number of hydrogen-bond donors (Lipinski definition) is 0. The number of nitrogens with zero attached hydrogens (tertiary/aromatic N) is 2. The van der Waals surface area contributed by atoms with E-state index >= 15 is 0 Å². The van der Waals surface area contributed by atoms with Gasteiger partial charge in [-0.15, -0.1) is 0 Å². The van der Waals surface area contributed by atoms with E-state index in [1.807, 2.05) is 0 Å². The Morgan fingerprint density at radius 3 is 2.68 bits per heavy atom. The fraction of sp³-hybridized carbons (Fsp3) is 0.0833. The van der Waals surface area contributed by atoms with Crippen LogP contribution in [-0.4, -0.2) is 9.91 Å². The molecule has 0 amide bonds. The van der Waals surface area contributed by atoms with E-state index in [-0.39, 0.29) is 17.3 Å². The second-order valence-corrected chi connectivity index (χ2v) is 4.47. The highest BCUT2D eigenvalue weighted by Gasteiger charge is 2.12. The lowest BCUT2D eigenvalue weighted by atomic mass is 10.3. The molecule has 1 aromatic carbocycles. The van der Waals surface area contributed by atoms with E-state index in [1.54, 1.807) is 18.3 Å². The second kappa shape index (κ2) is 5.86. The summed E-state index contributed by atoms with van der Waals surface area (Å²) in [5.41, 5.74) is 0.497. The largest absolute Gasteiger partial charge is 0.487 e. The molecular formula is C12H8Cl2N2O3. The molecule has 7 heteroatoms. The Balaban J connectivity index is 2.08. The zero-order chi connectivity index (χ0) is 13.8. The first kappa shape index (κ1) is 13.6. The van der Waals surface area contributed by atoms with Gasteiger partial charge in [-0.25, -0.2) is 0 Å². The molecule has 5 nitrogen and oxygen atoms in total. The average molecular weight is 299 g/mol. The number of halogens is 2. The third kappa shape index (κ3) is 3.56. The number of ether oxygens (including phenoxy) is 1. The number of benzene rings is 1. The van der Waals surface area contributed by atoms with E-state index < -0.39 is 4.92 Å². The third-order valence-corrected chi connectivity index (χ3v) is 2.82. The van der Waals surface area contributed by atoms with Crippen LogP contribution in [0.1, 0.15) is 5.69 Å². The predicted octanol–water partition coefficient (Wildman–Crippen LogP) is 3.88. The van der Waals surface area contributed by atoms with Gasteiger partial charge in [-0.2, -0.15) is 0 Å². The molecule has 1 heterocycles. The van der Waals surface area contributed by atoms with Gasteiger partial charge in [0, 0.05) is 23.4 Å². The first-order valence-corrected chi connectivity index (χ1v) is 5.99. The molecule has 0 N–H and O–H groups in total. The number of hydrogen-bond acceptors (Lipinski definition) is 4. The van der Waals surface area contributed by atoms with Gasteiger partial charge in [0.2, 0.25) is 0 Å². The molecule has 0 atom stereocenters. The summed E-state index contributed by atoms with van der Waals surface area (Å²) in [7, 11) is 0. The minimum absolute atomic E-state index is 0.0292. The molecule has 0 aliphatic rings. The Morgan fingerprint density at radius 2 is 2.05 bits per heavy atom. The average Bonchev–Trinajstić information content (AvgIpc) is 2.36. The second-order valence-electron chi connectivity index (χ2n) is 3.62. The molecule has 0 unspecified atom stereocenters. The minimum atomic E-state index is -0.551. The quantitative estimate of drug-likeness (QED) is 0.635. The van der Waals surface area contributed by atoms with Gasteiger partial charge in [0.15, 0.2) is 0 Å². The lowest BCUT2D eigenvalue weighted by Gasteiger charge is -2.06. The van der Waals surface area contributed by atoms with Crippen LogP contribution in [0.2, 0.25) is 10.0 Å². The summed E-state index contributed by atoms with van der Waals surface area (Å²) in [5, 5.41) is 11.2. The summed E-state index contributed by atoms with van der Waals surface area (Å²) in [6.45, 7) is 0.203. The molecule has 98 valence electrons. The highest BCUT2D eigenvalue weighted by atomic mass is 35.5. The summed E-state index contributed by atoms with van der Waals surface area (Å²) >= 11 is 11.6. The van der Waals surface area contributed by atoms with Gasteiger partial charge in [0.1, 0.15) is 17.4 Å². The Morgan fingerprint density at radius 1 is 1.26 bits per heavy atom. The molecule has 19 heavy (non-hydrogen) atoms. The van der Waals surface area contributed by atoms with Crippen LogP contribution in [0.3, 0.4) is 0 Å². The lowest BCUT2D eigenvalue weighted by Crippen LogP contribution is -1.98. The SMILES string of the molecule is O=[N+]([O-])c1ccc(OCc2cc(Cl)ccn2)cc1Cl. The number of pyridine rings is 1. The number of rotatable bonds is 4. The Labute approximate surface area is 118 Å². The van der Waals surface area contributed by atoms with Crippen LogP contribution in [0.5, 0.6) is 5.75 Å². The molecule has 0 aliphatic heterocycles. The lowest BCUT2D eigenvalue weighted by molar-refractivity contribution is -0.384. The molecule has 0 fully saturated rings. The minimum Gasteiger partial charge on any atom is -0.487 e. The van der Waals surface area contributed by atoms with E-state index in [9.17, 15) is 10.1 Å². The summed E-state index contributed by atoms with van der Waals surface area (Å²) in [6.07, 6.45) is 1.57. The van der Waals surface area contributed by atoms with Crippen molar-refractivity contribution >= 4 is 28.9 Å². The molecule has 0 bridgehead atoms. The third-order valence-electron chi connectivity index (χ3n) is 2.28. The van der Waals surface area contributed by atoms with E-state index in [1.165, 1.54) is 18.2 Å². The summed E-state index contributed by atoms with van der Waals surface area (Å²) < 4.78 is 5.43. The van der Waals surface area contributed by atoms with Crippen LogP contribution in [-0.2, 0) is 6.61 Å². The zero-order valence-corrected chi connectivity index (χ0v) is 11.1. The number of nitro groups is 1. The van der Waals surface area contributed by atoms with Crippen molar-refractivity contribution in [2.75, 3.05) is 0 Å². The first-order chi connectivity index (χ1) is 9.06. The molecule has 0 saturated heterocycles. The van der Waals surface area contributed by atoms with E-state index in [0.717, 1.165) is 0 Å².